The summed E-state index contributed by atoms with van der Waals surface area (Å²) in [4.78, 5) is 23.7. The number of ketones is 1. The molecule has 0 radical (unpaired) electrons. The maximum absolute atomic E-state index is 12.0. The number of hydrogen-bond donors (Lipinski definition) is 1. The van der Waals surface area contributed by atoms with E-state index in [9.17, 15) is 9.59 Å². The first-order valence-corrected chi connectivity index (χ1v) is 8.63. The number of amides is 1. The van der Waals surface area contributed by atoms with E-state index in [4.69, 9.17) is 16.3 Å². The summed E-state index contributed by atoms with van der Waals surface area (Å²) in [7, 11) is 0. The molecule has 5 heteroatoms. The molecule has 0 aliphatic rings. The van der Waals surface area contributed by atoms with E-state index in [1.807, 2.05) is 31.2 Å². The lowest BCUT2D eigenvalue weighted by Crippen LogP contribution is -2.24. The molecule has 1 amide bonds. The molecule has 0 atom stereocenters. The molecule has 0 fully saturated rings. The molecule has 26 heavy (non-hydrogen) atoms. The third-order valence-electron chi connectivity index (χ3n) is 3.64. The van der Waals surface area contributed by atoms with Gasteiger partial charge >= 0.3 is 0 Å². The molecule has 134 valence electrons. The average molecular weight is 370 g/mol. The largest absolute Gasteiger partial charge is 0.481 e. The number of carbonyl (C=O) groups excluding carboxylic acids is 2. The number of halogens is 1. The lowest BCUT2D eigenvalue weighted by molar-refractivity contribution is -0.120. The summed E-state index contributed by atoms with van der Waals surface area (Å²) < 4.78 is 5.54. The number of aryl methyl sites for hydroxylation is 1. The first-order valence-electron chi connectivity index (χ1n) is 8.26. The molecule has 0 spiro atoms. The van der Waals surface area contributed by atoms with Gasteiger partial charge in [0.15, 0.2) is 5.78 Å². The lowest BCUT2D eigenvalue weighted by Gasteiger charge is -2.04. The first kappa shape index (κ1) is 19.6. The van der Waals surface area contributed by atoms with Crippen LogP contribution >= 0.6 is 11.6 Å². The van der Waals surface area contributed by atoms with E-state index in [1.54, 1.807) is 24.3 Å². The van der Waals surface area contributed by atoms with Crippen LogP contribution in [0.15, 0.2) is 48.5 Å². The van der Waals surface area contributed by atoms with E-state index in [0.29, 0.717) is 10.6 Å². The fourth-order valence-electron chi connectivity index (χ4n) is 2.18. The summed E-state index contributed by atoms with van der Waals surface area (Å²) in [5.41, 5.74) is 1.60. The van der Waals surface area contributed by atoms with Crippen molar-refractivity contribution in [2.24, 2.45) is 0 Å². The highest BCUT2D eigenvalue weighted by Crippen LogP contribution is 2.15. The zero-order chi connectivity index (χ0) is 18.8. The molecule has 0 saturated heterocycles. The number of hydrogen-bond acceptors (Lipinski definition) is 3. The number of para-hydroxylation sites is 1. The fourth-order valence-corrected chi connectivity index (χ4v) is 2.31. The molecular formula is C21H20ClNO3. The Balaban J connectivity index is 1.64. The van der Waals surface area contributed by atoms with Crippen LogP contribution in [-0.2, 0) is 4.79 Å². The van der Waals surface area contributed by atoms with Gasteiger partial charge in [-0.2, -0.15) is 0 Å². The van der Waals surface area contributed by atoms with Crippen molar-refractivity contribution >= 4 is 23.3 Å². The van der Waals surface area contributed by atoms with Gasteiger partial charge < -0.3 is 10.1 Å². The van der Waals surface area contributed by atoms with Crippen molar-refractivity contribution in [3.63, 3.8) is 0 Å². The molecule has 0 aliphatic heterocycles. The summed E-state index contributed by atoms with van der Waals surface area (Å²) in [6, 6.07) is 14.3. The molecule has 4 nitrogen and oxygen atoms in total. The highest BCUT2D eigenvalue weighted by molar-refractivity contribution is 6.30. The minimum absolute atomic E-state index is 0.0884. The van der Waals surface area contributed by atoms with Crippen LogP contribution in [0.5, 0.6) is 5.75 Å². The van der Waals surface area contributed by atoms with Gasteiger partial charge in [-0.05, 0) is 42.8 Å². The van der Waals surface area contributed by atoms with Gasteiger partial charge in [-0.25, -0.2) is 0 Å². The molecule has 2 aromatic rings. The predicted molar refractivity (Wildman–Crippen MR) is 102 cm³/mol. The Kier molecular flexibility index (Phi) is 7.73. The van der Waals surface area contributed by atoms with Crippen molar-refractivity contribution in [2.45, 2.75) is 19.8 Å². The Morgan fingerprint density at radius 1 is 1.04 bits per heavy atom. The standard InChI is InChI=1S/C21H20ClNO3/c1-16-6-2-3-7-20(16)26-15-5-4-14-23-21(25)13-12-19(24)17-8-10-18(22)11-9-17/h2-3,6-11H,12-15H2,1H3,(H,23,25). The molecule has 2 rings (SSSR count). The Hall–Kier alpha value is -2.77. The highest BCUT2D eigenvalue weighted by Gasteiger charge is 2.08. The van der Waals surface area contributed by atoms with Crippen LogP contribution in [0.2, 0.25) is 5.02 Å². The monoisotopic (exact) mass is 369 g/mol. The number of nitrogens with one attached hydrogen (secondary N) is 1. The Morgan fingerprint density at radius 3 is 2.50 bits per heavy atom. The normalized spacial score (nSPS) is 9.77. The molecule has 0 saturated carbocycles. The van der Waals surface area contributed by atoms with E-state index in [-0.39, 0.29) is 37.7 Å². The second-order valence-electron chi connectivity index (χ2n) is 5.61. The fraction of sp³-hybridized carbons (Fsp3) is 0.238. The summed E-state index contributed by atoms with van der Waals surface area (Å²) in [5.74, 6) is 6.17. The third kappa shape index (κ3) is 6.62. The van der Waals surface area contributed by atoms with Crippen molar-refractivity contribution in [2.75, 3.05) is 13.2 Å². The van der Waals surface area contributed by atoms with Gasteiger partial charge in [-0.15, -0.1) is 0 Å². The van der Waals surface area contributed by atoms with Gasteiger partial charge in [0.25, 0.3) is 0 Å². The van der Waals surface area contributed by atoms with Crippen LogP contribution in [0.4, 0.5) is 0 Å². The second kappa shape index (κ2) is 10.3. The quantitative estimate of drug-likeness (QED) is 0.596. The van der Waals surface area contributed by atoms with Gasteiger partial charge in [0, 0.05) is 23.4 Å². The Labute approximate surface area is 158 Å². The zero-order valence-electron chi connectivity index (χ0n) is 14.5. The molecule has 0 bridgehead atoms. The van der Waals surface area contributed by atoms with Crippen molar-refractivity contribution in [3.8, 4) is 17.6 Å². The minimum atomic E-state index is -0.207. The second-order valence-corrected chi connectivity index (χ2v) is 6.05. The van der Waals surface area contributed by atoms with Gasteiger partial charge in [0.1, 0.15) is 12.4 Å². The topological polar surface area (TPSA) is 55.4 Å². The van der Waals surface area contributed by atoms with Crippen LogP contribution in [0.1, 0.15) is 28.8 Å². The van der Waals surface area contributed by atoms with Crippen LogP contribution < -0.4 is 10.1 Å². The summed E-state index contributed by atoms with van der Waals surface area (Å²) in [6.07, 6.45) is 0.278. The van der Waals surface area contributed by atoms with Crippen molar-refractivity contribution in [1.29, 1.82) is 0 Å². The Morgan fingerprint density at radius 2 is 1.77 bits per heavy atom. The predicted octanol–water partition coefficient (Wildman–Crippen LogP) is 3.81. The van der Waals surface area contributed by atoms with Gasteiger partial charge in [0.05, 0.1) is 6.54 Å². The van der Waals surface area contributed by atoms with E-state index in [2.05, 4.69) is 17.2 Å². The lowest BCUT2D eigenvalue weighted by atomic mass is 10.1. The van der Waals surface area contributed by atoms with Crippen molar-refractivity contribution in [1.82, 2.24) is 5.32 Å². The van der Waals surface area contributed by atoms with Crippen LogP contribution in [0, 0.1) is 18.8 Å². The van der Waals surface area contributed by atoms with Crippen molar-refractivity contribution < 1.29 is 14.3 Å². The van der Waals surface area contributed by atoms with Crippen LogP contribution in [0.3, 0.4) is 0 Å². The number of carbonyl (C=O) groups is 2. The molecular weight excluding hydrogens is 350 g/mol. The van der Waals surface area contributed by atoms with Crippen molar-refractivity contribution in [3.05, 3.63) is 64.7 Å². The highest BCUT2D eigenvalue weighted by atomic mass is 35.5. The van der Waals surface area contributed by atoms with Crippen LogP contribution in [-0.4, -0.2) is 24.8 Å². The molecule has 0 unspecified atom stereocenters. The maximum atomic E-state index is 12.0. The zero-order valence-corrected chi connectivity index (χ0v) is 15.3. The number of rotatable bonds is 7. The van der Waals surface area contributed by atoms with E-state index in [0.717, 1.165) is 11.3 Å². The van der Waals surface area contributed by atoms with Crippen LogP contribution in [0.25, 0.3) is 0 Å². The maximum Gasteiger partial charge on any atom is 0.221 e. The summed E-state index contributed by atoms with van der Waals surface area (Å²) in [5, 5.41) is 3.24. The third-order valence-corrected chi connectivity index (χ3v) is 3.89. The molecule has 0 aliphatic carbocycles. The number of benzene rings is 2. The smallest absolute Gasteiger partial charge is 0.221 e. The van der Waals surface area contributed by atoms with Gasteiger partial charge in [-0.3, -0.25) is 9.59 Å². The molecule has 2 aromatic carbocycles. The number of ether oxygens (including phenoxy) is 1. The Bertz CT molecular complexity index is 819. The molecule has 0 aromatic heterocycles. The molecule has 0 heterocycles. The minimum Gasteiger partial charge on any atom is -0.481 e. The first-order chi connectivity index (χ1) is 12.6. The van der Waals surface area contributed by atoms with Gasteiger partial charge in [0.2, 0.25) is 5.91 Å². The summed E-state index contributed by atoms with van der Waals surface area (Å²) >= 11 is 5.78. The average Bonchev–Trinajstić information content (AvgIpc) is 2.64. The number of Topliss-reactive ketones (excluding diaryl/α,β-unsaturated/α-hetero) is 1. The summed E-state index contributed by atoms with van der Waals surface area (Å²) in [6.45, 7) is 2.45. The van der Waals surface area contributed by atoms with E-state index < -0.39 is 0 Å². The molecule has 1 N–H and O–H groups in total. The van der Waals surface area contributed by atoms with E-state index in [1.165, 1.54) is 0 Å². The van der Waals surface area contributed by atoms with Gasteiger partial charge in [-0.1, -0.05) is 41.6 Å². The van der Waals surface area contributed by atoms with E-state index >= 15 is 0 Å². The SMILES string of the molecule is Cc1ccccc1OCC#CCNC(=O)CCC(=O)c1ccc(Cl)cc1.